The Morgan fingerprint density at radius 2 is 1.81 bits per heavy atom. The van der Waals surface area contributed by atoms with Crippen molar-refractivity contribution in [1.29, 1.82) is 0 Å². The zero-order chi connectivity index (χ0) is 19.6. The first-order valence-corrected chi connectivity index (χ1v) is 9.90. The number of anilines is 1. The van der Waals surface area contributed by atoms with Crippen LogP contribution in [-0.2, 0) is 14.8 Å². The second-order valence-electron chi connectivity index (χ2n) is 6.31. The van der Waals surface area contributed by atoms with Crippen LogP contribution in [0.2, 0.25) is 0 Å². The maximum atomic E-state index is 13.0. The van der Waals surface area contributed by atoms with Gasteiger partial charge in [-0.3, -0.25) is 9.10 Å². The average molecular weight is 382 g/mol. The normalized spacial score (nSPS) is 16.8. The summed E-state index contributed by atoms with van der Waals surface area (Å²) in [4.78, 5) is 12.5. The van der Waals surface area contributed by atoms with E-state index in [-0.39, 0.29) is 10.9 Å². The van der Waals surface area contributed by atoms with E-state index in [9.17, 15) is 13.2 Å². The molecule has 1 N–H and O–H groups in total. The number of fused-ring (bicyclic) bond motifs is 1. The average Bonchev–Trinajstić information content (AvgIpc) is 2.58. The molecule has 0 aliphatic carbocycles. The van der Waals surface area contributed by atoms with Gasteiger partial charge in [0.2, 0.25) is 0 Å². The molecule has 0 aromatic heterocycles. The number of allylic oxidation sites excluding steroid dienone is 1. The molecule has 2 rings (SSSR count). The quantitative estimate of drug-likeness (QED) is 0.817. The molecular weight excluding hydrogens is 356 g/mol. The molecule has 144 valence electrons. The summed E-state index contributed by atoms with van der Waals surface area (Å²) in [6.07, 6.45) is 1.67. The van der Waals surface area contributed by atoms with Crippen LogP contribution in [0.4, 0.5) is 5.69 Å². The number of sulfonamides is 1. The van der Waals surface area contributed by atoms with Crippen molar-refractivity contribution in [2.24, 2.45) is 0 Å². The molecule has 0 spiro atoms. The number of hydrogen-bond donors (Lipinski definition) is 1. The minimum absolute atomic E-state index is 0.111. The summed E-state index contributed by atoms with van der Waals surface area (Å²) >= 11 is 0. The monoisotopic (exact) mass is 382 g/mol. The molecule has 1 aliphatic rings. The number of rotatable bonds is 6. The van der Waals surface area contributed by atoms with E-state index in [2.05, 4.69) is 5.32 Å². The molecule has 0 fully saturated rings. The highest BCUT2D eigenvalue weighted by atomic mass is 32.2. The van der Waals surface area contributed by atoms with E-state index >= 15 is 0 Å². The van der Waals surface area contributed by atoms with Gasteiger partial charge in [0.25, 0.3) is 15.9 Å². The molecule has 8 heteroatoms. The van der Waals surface area contributed by atoms with Crippen molar-refractivity contribution in [3.63, 3.8) is 0 Å². The van der Waals surface area contributed by atoms with Gasteiger partial charge in [0.15, 0.2) is 16.4 Å². The highest BCUT2D eigenvalue weighted by Gasteiger charge is 2.38. The summed E-state index contributed by atoms with van der Waals surface area (Å²) in [5.41, 5.74) is 1.45. The molecule has 1 amide bonds. The first kappa shape index (κ1) is 20.1. The number of nitrogens with zero attached hydrogens (tertiary/aromatic N) is 1. The van der Waals surface area contributed by atoms with Gasteiger partial charge >= 0.3 is 0 Å². The second kappa shape index (κ2) is 7.57. The minimum atomic E-state index is -3.96. The van der Waals surface area contributed by atoms with Crippen molar-refractivity contribution in [3.05, 3.63) is 22.6 Å². The summed E-state index contributed by atoms with van der Waals surface area (Å²) < 4.78 is 37.6. The Hall–Kier alpha value is -2.22. The Morgan fingerprint density at radius 3 is 2.35 bits per heavy atom. The summed E-state index contributed by atoms with van der Waals surface area (Å²) in [5.74, 6) is 0.304. The number of methoxy groups -OCH3 is 2. The van der Waals surface area contributed by atoms with Crippen LogP contribution in [0.5, 0.6) is 11.5 Å². The predicted molar refractivity (Wildman–Crippen MR) is 102 cm³/mol. The molecule has 7 nitrogen and oxygen atoms in total. The maximum absolute atomic E-state index is 13.0. The molecule has 1 aromatic rings. The minimum Gasteiger partial charge on any atom is -0.493 e. The van der Waals surface area contributed by atoms with Crippen LogP contribution in [0, 0.1) is 0 Å². The molecule has 0 saturated heterocycles. The number of carbonyl (C=O) groups excluding carboxylic acids is 1. The molecule has 1 atom stereocenters. The lowest BCUT2D eigenvalue weighted by Crippen LogP contribution is -2.41. The molecule has 0 saturated carbocycles. The fraction of sp³-hybridized carbons (Fsp3) is 0.500. The van der Waals surface area contributed by atoms with Gasteiger partial charge in [0, 0.05) is 24.7 Å². The first-order valence-electron chi connectivity index (χ1n) is 8.46. The molecule has 1 aliphatic heterocycles. The van der Waals surface area contributed by atoms with E-state index in [0.29, 0.717) is 28.3 Å². The van der Waals surface area contributed by atoms with E-state index in [4.69, 9.17) is 9.47 Å². The Morgan fingerprint density at radius 1 is 1.23 bits per heavy atom. The smallest absolute Gasteiger partial charge is 0.269 e. The van der Waals surface area contributed by atoms with E-state index < -0.39 is 15.9 Å². The number of ether oxygens (including phenoxy) is 2. The highest BCUT2D eigenvalue weighted by molar-refractivity contribution is 7.97. The number of hydrogen-bond acceptors (Lipinski definition) is 5. The standard InChI is InChI=1S/C18H26N2O5S/c1-7-8-11(2)19-18(21)17-12(3)13-9-15(24-5)16(25-6)10-14(13)20(4)26(17,22)23/h9-11H,7-8H2,1-6H3,(H,19,21)/t11-/m0/s1. The van der Waals surface area contributed by atoms with Gasteiger partial charge in [-0.1, -0.05) is 13.3 Å². The highest BCUT2D eigenvalue weighted by Crippen LogP contribution is 2.44. The predicted octanol–water partition coefficient (Wildman–Crippen LogP) is 2.52. The SMILES string of the molecule is CCC[C@H](C)NC(=O)C1=C(C)c2cc(OC)c(OC)cc2N(C)S1(=O)=O. The third kappa shape index (κ3) is 3.38. The first-order chi connectivity index (χ1) is 12.2. The van der Waals surface area contributed by atoms with Crippen LogP contribution in [-0.4, -0.2) is 41.6 Å². The van der Waals surface area contributed by atoms with Gasteiger partial charge in [0.05, 0.1) is 19.9 Å². The summed E-state index contributed by atoms with van der Waals surface area (Å²) in [6.45, 7) is 5.50. The zero-order valence-corrected chi connectivity index (χ0v) is 16.9. The van der Waals surface area contributed by atoms with Crippen LogP contribution >= 0.6 is 0 Å². The summed E-state index contributed by atoms with van der Waals surface area (Å²) in [6, 6.07) is 3.18. The van der Waals surface area contributed by atoms with E-state index in [0.717, 1.165) is 17.1 Å². The molecule has 0 unspecified atom stereocenters. The van der Waals surface area contributed by atoms with Crippen LogP contribution in [0.3, 0.4) is 0 Å². The fourth-order valence-corrected chi connectivity index (χ4v) is 4.57. The maximum Gasteiger partial charge on any atom is 0.269 e. The Kier molecular flexibility index (Phi) is 5.85. The van der Waals surface area contributed by atoms with Crippen LogP contribution < -0.4 is 19.1 Å². The second-order valence-corrected chi connectivity index (χ2v) is 8.22. The lowest BCUT2D eigenvalue weighted by atomic mass is 10.0. The van der Waals surface area contributed by atoms with Gasteiger partial charge in [-0.25, -0.2) is 8.42 Å². The van der Waals surface area contributed by atoms with Crippen LogP contribution in [0.1, 0.15) is 39.2 Å². The molecule has 26 heavy (non-hydrogen) atoms. The Balaban J connectivity index is 2.63. The molecule has 0 bridgehead atoms. The molecular formula is C18H26N2O5S. The van der Waals surface area contributed by atoms with Crippen molar-refractivity contribution < 1.29 is 22.7 Å². The third-order valence-electron chi connectivity index (χ3n) is 4.51. The van der Waals surface area contributed by atoms with Crippen molar-refractivity contribution in [2.75, 3.05) is 25.6 Å². The van der Waals surface area contributed by atoms with Gasteiger partial charge in [-0.05, 0) is 31.9 Å². The number of nitrogens with one attached hydrogen (secondary N) is 1. The lowest BCUT2D eigenvalue weighted by Gasteiger charge is -2.30. The van der Waals surface area contributed by atoms with Gasteiger partial charge in [0.1, 0.15) is 0 Å². The number of amides is 1. The van der Waals surface area contributed by atoms with Crippen molar-refractivity contribution in [1.82, 2.24) is 5.32 Å². The zero-order valence-electron chi connectivity index (χ0n) is 16.0. The molecule has 0 radical (unpaired) electrons. The van der Waals surface area contributed by atoms with Crippen molar-refractivity contribution >= 4 is 27.2 Å². The fourth-order valence-electron chi connectivity index (χ4n) is 3.09. The van der Waals surface area contributed by atoms with Crippen LogP contribution in [0.15, 0.2) is 17.0 Å². The Labute approximate surface area is 155 Å². The lowest BCUT2D eigenvalue weighted by molar-refractivity contribution is -0.117. The van der Waals surface area contributed by atoms with Gasteiger partial charge < -0.3 is 14.8 Å². The van der Waals surface area contributed by atoms with Gasteiger partial charge in [-0.2, -0.15) is 0 Å². The molecule has 1 aromatic carbocycles. The van der Waals surface area contributed by atoms with Crippen molar-refractivity contribution in [3.8, 4) is 11.5 Å². The van der Waals surface area contributed by atoms with Gasteiger partial charge in [-0.15, -0.1) is 0 Å². The summed E-state index contributed by atoms with van der Waals surface area (Å²) in [7, 11) is 0.452. The van der Waals surface area contributed by atoms with E-state index in [1.807, 2.05) is 13.8 Å². The van der Waals surface area contributed by atoms with E-state index in [1.54, 1.807) is 19.1 Å². The largest absolute Gasteiger partial charge is 0.493 e. The Bertz CT molecular complexity index is 845. The van der Waals surface area contributed by atoms with Crippen LogP contribution in [0.25, 0.3) is 5.57 Å². The number of carbonyl (C=O) groups is 1. The summed E-state index contributed by atoms with van der Waals surface area (Å²) in [5, 5.41) is 2.78. The molecule has 1 heterocycles. The van der Waals surface area contributed by atoms with Crippen molar-refractivity contribution in [2.45, 2.75) is 39.7 Å². The van der Waals surface area contributed by atoms with E-state index in [1.165, 1.54) is 21.3 Å². The number of benzene rings is 1. The topological polar surface area (TPSA) is 84.9 Å². The third-order valence-corrected chi connectivity index (χ3v) is 6.43.